The SMILES string of the molecule is COC(=O)[C@H](Cc1cccc(OCc2ccccc2)c1)NC(=O)[C@H]1CCC(=O)N1. The number of methoxy groups -OCH3 is 1. The molecule has 1 aliphatic rings. The summed E-state index contributed by atoms with van der Waals surface area (Å²) >= 11 is 0. The maximum absolute atomic E-state index is 12.4. The van der Waals surface area contributed by atoms with Gasteiger partial charge in [-0.25, -0.2) is 4.79 Å². The number of amides is 2. The van der Waals surface area contributed by atoms with E-state index in [1.165, 1.54) is 7.11 Å². The molecule has 7 heteroatoms. The Bertz CT molecular complexity index is 869. The molecule has 2 aromatic carbocycles. The van der Waals surface area contributed by atoms with E-state index in [4.69, 9.17) is 9.47 Å². The van der Waals surface area contributed by atoms with E-state index in [2.05, 4.69) is 10.6 Å². The molecule has 1 aliphatic heterocycles. The van der Waals surface area contributed by atoms with Crippen LogP contribution in [-0.4, -0.2) is 37.0 Å². The molecule has 7 nitrogen and oxygen atoms in total. The lowest BCUT2D eigenvalue weighted by Gasteiger charge is -2.19. The van der Waals surface area contributed by atoms with Crippen molar-refractivity contribution in [2.75, 3.05) is 7.11 Å². The Balaban J connectivity index is 1.63. The summed E-state index contributed by atoms with van der Waals surface area (Å²) in [4.78, 5) is 35.9. The Morgan fingerprint density at radius 2 is 1.90 bits per heavy atom. The summed E-state index contributed by atoms with van der Waals surface area (Å²) < 4.78 is 10.7. The van der Waals surface area contributed by atoms with Crippen LogP contribution in [0.4, 0.5) is 0 Å². The maximum Gasteiger partial charge on any atom is 0.328 e. The number of carbonyl (C=O) groups excluding carboxylic acids is 3. The highest BCUT2D eigenvalue weighted by Gasteiger charge is 2.30. The first kappa shape index (κ1) is 20.4. The predicted octanol–water partition coefficient (Wildman–Crippen LogP) is 1.74. The number of carbonyl (C=O) groups is 3. The Kier molecular flexibility index (Phi) is 6.84. The summed E-state index contributed by atoms with van der Waals surface area (Å²) in [7, 11) is 1.28. The predicted molar refractivity (Wildman–Crippen MR) is 106 cm³/mol. The second kappa shape index (κ2) is 9.73. The van der Waals surface area contributed by atoms with Gasteiger partial charge >= 0.3 is 5.97 Å². The molecule has 1 fully saturated rings. The van der Waals surface area contributed by atoms with E-state index in [-0.39, 0.29) is 18.2 Å². The van der Waals surface area contributed by atoms with Crippen molar-refractivity contribution in [3.8, 4) is 5.75 Å². The summed E-state index contributed by atoms with van der Waals surface area (Å²) in [5.74, 6) is -0.423. The second-order valence-electron chi connectivity index (χ2n) is 6.87. The van der Waals surface area contributed by atoms with Gasteiger partial charge in [0.05, 0.1) is 7.11 Å². The van der Waals surface area contributed by atoms with E-state index in [0.717, 1.165) is 11.1 Å². The fourth-order valence-corrected chi connectivity index (χ4v) is 3.16. The molecule has 0 radical (unpaired) electrons. The lowest BCUT2D eigenvalue weighted by atomic mass is 10.0. The van der Waals surface area contributed by atoms with Crippen LogP contribution in [-0.2, 0) is 32.1 Å². The van der Waals surface area contributed by atoms with Gasteiger partial charge in [-0.1, -0.05) is 42.5 Å². The van der Waals surface area contributed by atoms with Crippen LogP contribution in [0.5, 0.6) is 5.75 Å². The zero-order valence-electron chi connectivity index (χ0n) is 16.2. The molecule has 2 N–H and O–H groups in total. The molecule has 0 aromatic heterocycles. The molecule has 2 amide bonds. The topological polar surface area (TPSA) is 93.7 Å². The minimum absolute atomic E-state index is 0.164. The van der Waals surface area contributed by atoms with Gasteiger partial charge in [-0.15, -0.1) is 0 Å². The minimum Gasteiger partial charge on any atom is -0.489 e. The average molecular weight is 396 g/mol. The summed E-state index contributed by atoms with van der Waals surface area (Å²) in [5, 5.41) is 5.29. The van der Waals surface area contributed by atoms with Crippen LogP contribution in [0.25, 0.3) is 0 Å². The summed E-state index contributed by atoms with van der Waals surface area (Å²) in [6.45, 7) is 0.433. The molecule has 2 aromatic rings. The lowest BCUT2D eigenvalue weighted by Crippen LogP contribution is -2.49. The van der Waals surface area contributed by atoms with E-state index < -0.39 is 18.1 Å². The monoisotopic (exact) mass is 396 g/mol. The molecule has 2 atom stereocenters. The number of esters is 1. The van der Waals surface area contributed by atoms with Crippen molar-refractivity contribution in [2.24, 2.45) is 0 Å². The molecule has 0 bridgehead atoms. The van der Waals surface area contributed by atoms with E-state index in [0.29, 0.717) is 25.2 Å². The van der Waals surface area contributed by atoms with E-state index in [9.17, 15) is 14.4 Å². The maximum atomic E-state index is 12.4. The zero-order valence-corrected chi connectivity index (χ0v) is 16.2. The first-order valence-electron chi connectivity index (χ1n) is 9.48. The number of nitrogens with one attached hydrogen (secondary N) is 2. The summed E-state index contributed by atoms with van der Waals surface area (Å²) in [5.41, 5.74) is 1.87. The highest BCUT2D eigenvalue weighted by molar-refractivity contribution is 5.93. The average Bonchev–Trinajstić information content (AvgIpc) is 3.18. The fourth-order valence-electron chi connectivity index (χ4n) is 3.16. The molecule has 152 valence electrons. The number of benzene rings is 2. The van der Waals surface area contributed by atoms with Crippen molar-refractivity contribution < 1.29 is 23.9 Å². The van der Waals surface area contributed by atoms with Crippen molar-refractivity contribution in [3.05, 3.63) is 65.7 Å². The normalized spacial score (nSPS) is 16.6. The molecule has 0 unspecified atom stereocenters. The summed E-state index contributed by atoms with van der Waals surface area (Å²) in [6.07, 6.45) is 0.977. The van der Waals surface area contributed by atoms with Crippen LogP contribution in [0.15, 0.2) is 54.6 Å². The number of hydrogen-bond acceptors (Lipinski definition) is 5. The lowest BCUT2D eigenvalue weighted by molar-refractivity contribution is -0.145. The van der Waals surface area contributed by atoms with Gasteiger partial charge in [-0.3, -0.25) is 9.59 Å². The highest BCUT2D eigenvalue weighted by atomic mass is 16.5. The smallest absolute Gasteiger partial charge is 0.328 e. The van der Waals surface area contributed by atoms with Gasteiger partial charge in [0.25, 0.3) is 0 Å². The molecular weight excluding hydrogens is 372 g/mol. The van der Waals surface area contributed by atoms with Crippen LogP contribution in [0.1, 0.15) is 24.0 Å². The van der Waals surface area contributed by atoms with Crippen LogP contribution in [0.2, 0.25) is 0 Å². The Morgan fingerprint density at radius 1 is 1.14 bits per heavy atom. The van der Waals surface area contributed by atoms with Crippen molar-refractivity contribution >= 4 is 17.8 Å². The van der Waals surface area contributed by atoms with Gasteiger partial charge < -0.3 is 20.1 Å². The number of rotatable bonds is 8. The van der Waals surface area contributed by atoms with Crippen LogP contribution in [0, 0.1) is 0 Å². The Morgan fingerprint density at radius 3 is 2.59 bits per heavy atom. The van der Waals surface area contributed by atoms with Crippen molar-refractivity contribution in [1.29, 1.82) is 0 Å². The molecule has 0 saturated carbocycles. The molecule has 0 spiro atoms. The first-order valence-corrected chi connectivity index (χ1v) is 9.48. The summed E-state index contributed by atoms with van der Waals surface area (Å²) in [6, 6.07) is 15.7. The molecular formula is C22H24N2O5. The van der Waals surface area contributed by atoms with Crippen LogP contribution >= 0.6 is 0 Å². The number of hydrogen-bond donors (Lipinski definition) is 2. The second-order valence-corrected chi connectivity index (χ2v) is 6.87. The van der Waals surface area contributed by atoms with Gasteiger partial charge in [0, 0.05) is 12.8 Å². The van der Waals surface area contributed by atoms with Gasteiger partial charge in [-0.2, -0.15) is 0 Å². The standard InChI is InChI=1S/C22H24N2O5/c1-28-22(27)19(24-21(26)18-10-11-20(25)23-18)13-16-8-5-9-17(12-16)29-14-15-6-3-2-4-7-15/h2-9,12,18-19H,10-11,13-14H2,1H3,(H,23,25)(H,24,26)/t18-,19+/m1/s1. The third-order valence-electron chi connectivity index (χ3n) is 4.70. The van der Waals surface area contributed by atoms with Crippen LogP contribution < -0.4 is 15.4 Å². The Labute approximate surface area is 169 Å². The Hall–Kier alpha value is -3.35. The molecule has 29 heavy (non-hydrogen) atoms. The third-order valence-corrected chi connectivity index (χ3v) is 4.70. The van der Waals surface area contributed by atoms with Gasteiger partial charge in [0.15, 0.2) is 0 Å². The largest absolute Gasteiger partial charge is 0.489 e. The molecule has 1 heterocycles. The van der Waals surface area contributed by atoms with E-state index in [1.54, 1.807) is 0 Å². The quantitative estimate of drug-likeness (QED) is 0.663. The van der Waals surface area contributed by atoms with Gasteiger partial charge in [0.2, 0.25) is 11.8 Å². The van der Waals surface area contributed by atoms with Crippen molar-refractivity contribution in [2.45, 2.75) is 38.0 Å². The van der Waals surface area contributed by atoms with E-state index >= 15 is 0 Å². The molecule has 0 aliphatic carbocycles. The molecule has 3 rings (SSSR count). The van der Waals surface area contributed by atoms with Crippen molar-refractivity contribution in [3.63, 3.8) is 0 Å². The zero-order chi connectivity index (χ0) is 20.6. The van der Waals surface area contributed by atoms with E-state index in [1.807, 2.05) is 54.6 Å². The van der Waals surface area contributed by atoms with Crippen molar-refractivity contribution in [1.82, 2.24) is 10.6 Å². The molecule has 1 saturated heterocycles. The van der Waals surface area contributed by atoms with Gasteiger partial charge in [0.1, 0.15) is 24.4 Å². The highest BCUT2D eigenvalue weighted by Crippen LogP contribution is 2.17. The van der Waals surface area contributed by atoms with Crippen LogP contribution in [0.3, 0.4) is 0 Å². The number of ether oxygens (including phenoxy) is 2. The third kappa shape index (κ3) is 5.81. The van der Waals surface area contributed by atoms with Gasteiger partial charge in [-0.05, 0) is 29.7 Å². The minimum atomic E-state index is -0.852. The fraction of sp³-hybridized carbons (Fsp3) is 0.318. The first-order chi connectivity index (χ1) is 14.0.